The normalized spacial score (nSPS) is 26.8. The van der Waals surface area contributed by atoms with Crippen molar-refractivity contribution in [3.05, 3.63) is 58.6 Å². The molecule has 5 heteroatoms. The van der Waals surface area contributed by atoms with Gasteiger partial charge in [0.2, 0.25) is 0 Å². The molecule has 2 heterocycles. The van der Waals surface area contributed by atoms with Crippen LogP contribution in [0.15, 0.2) is 42.5 Å². The Morgan fingerprint density at radius 2 is 1.92 bits per heavy atom. The van der Waals surface area contributed by atoms with Crippen LogP contribution in [0.1, 0.15) is 35.8 Å². The number of benzene rings is 2. The minimum Gasteiger partial charge on any atom is -0.481 e. The molecule has 4 nitrogen and oxygen atoms in total. The molecule has 1 aliphatic carbocycles. The number of nitrogens with one attached hydrogen (secondary N) is 1. The van der Waals surface area contributed by atoms with Crippen LogP contribution < -0.4 is 10.2 Å². The van der Waals surface area contributed by atoms with E-state index in [1.807, 2.05) is 6.07 Å². The summed E-state index contributed by atoms with van der Waals surface area (Å²) in [6.45, 7) is 1.22. The van der Waals surface area contributed by atoms with Gasteiger partial charge in [0.05, 0.1) is 5.92 Å². The Kier molecular flexibility index (Phi) is 3.64. The minimum atomic E-state index is -0.692. The number of hydrogen-bond donors (Lipinski definition) is 2. The summed E-state index contributed by atoms with van der Waals surface area (Å²) in [5, 5.41) is 13.6. The Hall–Kier alpha value is -2.20. The van der Waals surface area contributed by atoms with Crippen LogP contribution in [0, 0.1) is 5.92 Å². The number of rotatable bonds is 3. The van der Waals surface area contributed by atoms with Crippen molar-refractivity contribution >= 4 is 28.9 Å². The second kappa shape index (κ2) is 5.92. The third-order valence-corrected chi connectivity index (χ3v) is 6.52. The highest BCUT2D eigenvalue weighted by Crippen LogP contribution is 2.52. The van der Waals surface area contributed by atoms with E-state index in [1.54, 1.807) is 0 Å². The molecule has 134 valence electrons. The highest BCUT2D eigenvalue weighted by Gasteiger charge is 2.43. The SMILES string of the molecule is O=C(O)C1CN(c2cccc(C3CCC4c5cc(Cl)ccc5NC34)c2)C1. The predicted molar refractivity (Wildman–Crippen MR) is 103 cm³/mol. The number of halogens is 1. The lowest BCUT2D eigenvalue weighted by Gasteiger charge is -2.39. The summed E-state index contributed by atoms with van der Waals surface area (Å²) in [5.74, 6) is 0.0771. The van der Waals surface area contributed by atoms with Gasteiger partial charge in [0.25, 0.3) is 0 Å². The van der Waals surface area contributed by atoms with Crippen molar-refractivity contribution in [1.29, 1.82) is 0 Å². The third-order valence-electron chi connectivity index (χ3n) is 6.29. The number of carboxylic acids is 1. The smallest absolute Gasteiger partial charge is 0.310 e. The highest BCUT2D eigenvalue weighted by atomic mass is 35.5. The van der Waals surface area contributed by atoms with Crippen molar-refractivity contribution in [3.8, 4) is 0 Å². The Morgan fingerprint density at radius 1 is 1.12 bits per heavy atom. The van der Waals surface area contributed by atoms with E-state index in [1.165, 1.54) is 23.2 Å². The Balaban J connectivity index is 1.37. The molecule has 0 bridgehead atoms. The number of hydrogen-bond acceptors (Lipinski definition) is 3. The van der Waals surface area contributed by atoms with Gasteiger partial charge in [-0.05, 0) is 54.3 Å². The number of aliphatic carboxylic acids is 1. The lowest BCUT2D eigenvalue weighted by Crippen LogP contribution is -2.50. The van der Waals surface area contributed by atoms with E-state index in [-0.39, 0.29) is 5.92 Å². The maximum atomic E-state index is 11.0. The van der Waals surface area contributed by atoms with Crippen molar-refractivity contribution in [2.75, 3.05) is 23.3 Å². The fourth-order valence-electron chi connectivity index (χ4n) is 4.87. The molecule has 1 saturated heterocycles. The van der Waals surface area contributed by atoms with Gasteiger partial charge in [-0.25, -0.2) is 0 Å². The average Bonchev–Trinajstić information content (AvgIpc) is 3.12. The van der Waals surface area contributed by atoms with Crippen LogP contribution in [0.2, 0.25) is 5.02 Å². The predicted octanol–water partition coefficient (Wildman–Crippen LogP) is 4.32. The molecule has 5 rings (SSSR count). The van der Waals surface area contributed by atoms with Gasteiger partial charge in [-0.2, -0.15) is 0 Å². The van der Waals surface area contributed by atoms with E-state index in [2.05, 4.69) is 46.6 Å². The lowest BCUT2D eigenvalue weighted by molar-refractivity contribution is -0.142. The summed E-state index contributed by atoms with van der Waals surface area (Å²) < 4.78 is 0. The number of carbonyl (C=O) groups is 1. The van der Waals surface area contributed by atoms with Crippen LogP contribution in [-0.2, 0) is 4.79 Å². The van der Waals surface area contributed by atoms with Gasteiger partial charge in [0, 0.05) is 47.4 Å². The Bertz CT molecular complexity index is 878. The Labute approximate surface area is 157 Å². The summed E-state index contributed by atoms with van der Waals surface area (Å²) in [6.07, 6.45) is 2.33. The van der Waals surface area contributed by atoms with Gasteiger partial charge in [0.15, 0.2) is 0 Å². The first kappa shape index (κ1) is 16.0. The Morgan fingerprint density at radius 3 is 2.73 bits per heavy atom. The standard InChI is InChI=1S/C21H21ClN2O2/c22-14-4-7-19-18(9-14)17-6-5-16(20(17)23-19)12-2-1-3-15(8-12)24-10-13(11-24)21(25)26/h1-4,7-9,13,16-17,20,23H,5-6,10-11H2,(H,25,26). The molecule has 26 heavy (non-hydrogen) atoms. The zero-order valence-electron chi connectivity index (χ0n) is 14.4. The van der Waals surface area contributed by atoms with E-state index in [4.69, 9.17) is 16.7 Å². The number of fused-ring (bicyclic) bond motifs is 3. The second-order valence-corrected chi connectivity index (χ2v) is 8.16. The molecule has 1 saturated carbocycles. The summed E-state index contributed by atoms with van der Waals surface area (Å²) in [7, 11) is 0. The summed E-state index contributed by atoms with van der Waals surface area (Å²) in [6, 6.07) is 15.2. The number of anilines is 2. The van der Waals surface area contributed by atoms with Gasteiger partial charge >= 0.3 is 5.97 Å². The first-order valence-corrected chi connectivity index (χ1v) is 9.61. The third kappa shape index (κ3) is 2.47. The molecule has 0 radical (unpaired) electrons. The fourth-order valence-corrected chi connectivity index (χ4v) is 5.05. The van der Waals surface area contributed by atoms with Crippen molar-refractivity contribution in [2.45, 2.75) is 30.7 Å². The van der Waals surface area contributed by atoms with Crippen LogP contribution in [0.3, 0.4) is 0 Å². The van der Waals surface area contributed by atoms with Gasteiger partial charge in [-0.15, -0.1) is 0 Å². The van der Waals surface area contributed by atoms with E-state index in [0.29, 0.717) is 31.0 Å². The topological polar surface area (TPSA) is 52.6 Å². The number of carboxylic acid groups (broad SMARTS) is 1. The molecular formula is C21H21ClN2O2. The molecule has 3 aliphatic rings. The molecule has 3 atom stereocenters. The highest BCUT2D eigenvalue weighted by molar-refractivity contribution is 6.30. The molecule has 2 N–H and O–H groups in total. The molecule has 0 spiro atoms. The van der Waals surface area contributed by atoms with Crippen LogP contribution in [-0.4, -0.2) is 30.2 Å². The second-order valence-electron chi connectivity index (χ2n) is 7.73. The largest absolute Gasteiger partial charge is 0.481 e. The molecule has 0 aromatic heterocycles. The van der Waals surface area contributed by atoms with Gasteiger partial charge < -0.3 is 15.3 Å². The zero-order valence-corrected chi connectivity index (χ0v) is 15.1. The average molecular weight is 369 g/mol. The first-order chi connectivity index (χ1) is 12.6. The first-order valence-electron chi connectivity index (χ1n) is 9.24. The molecule has 2 aromatic carbocycles. The van der Waals surface area contributed by atoms with E-state index < -0.39 is 5.97 Å². The maximum Gasteiger partial charge on any atom is 0.310 e. The zero-order chi connectivity index (χ0) is 17.8. The van der Waals surface area contributed by atoms with Crippen molar-refractivity contribution in [2.24, 2.45) is 5.92 Å². The minimum absolute atomic E-state index is 0.231. The van der Waals surface area contributed by atoms with Gasteiger partial charge in [-0.1, -0.05) is 23.7 Å². The number of nitrogens with zero attached hydrogens (tertiary/aromatic N) is 1. The van der Waals surface area contributed by atoms with Crippen LogP contribution in [0.25, 0.3) is 0 Å². The van der Waals surface area contributed by atoms with Gasteiger partial charge in [0.1, 0.15) is 0 Å². The fraction of sp³-hybridized carbons (Fsp3) is 0.381. The lowest BCUT2D eigenvalue weighted by atomic mass is 9.90. The maximum absolute atomic E-state index is 11.0. The van der Waals surface area contributed by atoms with Crippen molar-refractivity contribution in [3.63, 3.8) is 0 Å². The van der Waals surface area contributed by atoms with Crippen molar-refractivity contribution < 1.29 is 9.90 Å². The van der Waals surface area contributed by atoms with Crippen LogP contribution in [0.5, 0.6) is 0 Å². The molecule has 0 amide bonds. The van der Waals surface area contributed by atoms with E-state index >= 15 is 0 Å². The molecule has 2 aliphatic heterocycles. The summed E-state index contributed by atoms with van der Waals surface area (Å²) >= 11 is 6.20. The monoisotopic (exact) mass is 368 g/mol. The summed E-state index contributed by atoms with van der Waals surface area (Å²) in [4.78, 5) is 13.2. The van der Waals surface area contributed by atoms with Crippen LogP contribution >= 0.6 is 11.6 Å². The quantitative estimate of drug-likeness (QED) is 0.847. The summed E-state index contributed by atoms with van der Waals surface area (Å²) in [5.41, 5.74) is 5.06. The van der Waals surface area contributed by atoms with Gasteiger partial charge in [-0.3, -0.25) is 4.79 Å². The van der Waals surface area contributed by atoms with E-state index in [0.717, 1.165) is 17.1 Å². The van der Waals surface area contributed by atoms with Crippen molar-refractivity contribution in [1.82, 2.24) is 0 Å². The van der Waals surface area contributed by atoms with E-state index in [9.17, 15) is 4.79 Å². The van der Waals surface area contributed by atoms with Crippen LogP contribution in [0.4, 0.5) is 11.4 Å². The molecule has 2 aromatic rings. The molecule has 3 unspecified atom stereocenters. The molecular weight excluding hydrogens is 348 g/mol. The molecule has 2 fully saturated rings.